The summed E-state index contributed by atoms with van der Waals surface area (Å²) in [5.74, 6) is 3.40. The second-order valence-electron chi connectivity index (χ2n) is 5.20. The number of aromatic nitrogens is 2. The molecule has 5 heteroatoms. The molecule has 0 bridgehead atoms. The Morgan fingerprint density at radius 2 is 2.00 bits per heavy atom. The maximum absolute atomic E-state index is 9.35. The third-order valence-corrected chi connectivity index (χ3v) is 3.28. The van der Waals surface area contributed by atoms with Crippen LogP contribution in [0, 0.1) is 5.92 Å². The molecule has 5 nitrogen and oxygen atoms in total. The summed E-state index contributed by atoms with van der Waals surface area (Å²) in [5.41, 5.74) is 0. The van der Waals surface area contributed by atoms with Gasteiger partial charge in [-0.15, -0.1) is 0 Å². The molecule has 100 valence electrons. The van der Waals surface area contributed by atoms with E-state index in [1.54, 1.807) is 0 Å². The zero-order valence-electron chi connectivity index (χ0n) is 11.3. The standard InChI is InChI=1S/C13H22N4O/c1-8(2)10(7-18)15-12-6-11(14-3)16-13(17-12)9-4-5-9/h6,8-10,18H,4-5,7H2,1-3H3,(H2,14,15,16,17)/t10-/m1/s1. The zero-order valence-corrected chi connectivity index (χ0v) is 11.3. The second-order valence-corrected chi connectivity index (χ2v) is 5.20. The van der Waals surface area contributed by atoms with Crippen molar-refractivity contribution in [1.82, 2.24) is 9.97 Å². The number of aliphatic hydroxyl groups is 1. The minimum Gasteiger partial charge on any atom is -0.394 e. The normalized spacial score (nSPS) is 16.7. The van der Waals surface area contributed by atoms with Crippen LogP contribution in [-0.2, 0) is 0 Å². The first-order valence-electron chi connectivity index (χ1n) is 6.58. The molecule has 1 saturated carbocycles. The maximum atomic E-state index is 9.35. The van der Waals surface area contributed by atoms with Gasteiger partial charge in [-0.25, -0.2) is 9.97 Å². The van der Waals surface area contributed by atoms with Gasteiger partial charge in [0, 0.05) is 19.0 Å². The van der Waals surface area contributed by atoms with Gasteiger partial charge in [-0.2, -0.15) is 0 Å². The van der Waals surface area contributed by atoms with Crippen molar-refractivity contribution in [3.05, 3.63) is 11.9 Å². The lowest BCUT2D eigenvalue weighted by molar-refractivity contribution is 0.249. The third kappa shape index (κ3) is 3.10. The van der Waals surface area contributed by atoms with Crippen LogP contribution < -0.4 is 10.6 Å². The molecule has 0 unspecified atom stereocenters. The van der Waals surface area contributed by atoms with Crippen LogP contribution in [0.15, 0.2) is 6.07 Å². The van der Waals surface area contributed by atoms with E-state index in [-0.39, 0.29) is 12.6 Å². The van der Waals surface area contributed by atoms with Crippen LogP contribution in [0.4, 0.5) is 11.6 Å². The van der Waals surface area contributed by atoms with Gasteiger partial charge in [0.2, 0.25) is 0 Å². The van der Waals surface area contributed by atoms with Gasteiger partial charge in [0.1, 0.15) is 17.5 Å². The lowest BCUT2D eigenvalue weighted by Crippen LogP contribution is -2.30. The van der Waals surface area contributed by atoms with Crippen molar-refractivity contribution >= 4 is 11.6 Å². The van der Waals surface area contributed by atoms with E-state index < -0.39 is 0 Å². The summed E-state index contributed by atoms with van der Waals surface area (Å²) in [7, 11) is 1.86. The van der Waals surface area contributed by atoms with E-state index in [4.69, 9.17) is 0 Å². The smallest absolute Gasteiger partial charge is 0.136 e. The molecule has 1 aromatic rings. The molecule has 18 heavy (non-hydrogen) atoms. The van der Waals surface area contributed by atoms with Gasteiger partial charge in [-0.1, -0.05) is 13.8 Å². The first-order chi connectivity index (χ1) is 8.63. The predicted molar refractivity (Wildman–Crippen MR) is 72.9 cm³/mol. The SMILES string of the molecule is CNc1cc(N[C@H](CO)C(C)C)nc(C2CC2)n1. The van der Waals surface area contributed by atoms with Gasteiger partial charge in [-0.3, -0.25) is 0 Å². The Morgan fingerprint density at radius 3 is 2.50 bits per heavy atom. The van der Waals surface area contributed by atoms with Crippen molar-refractivity contribution in [2.45, 2.75) is 38.6 Å². The lowest BCUT2D eigenvalue weighted by atomic mass is 10.1. The molecule has 1 heterocycles. The molecule has 0 aliphatic heterocycles. The average Bonchev–Trinajstić information content (AvgIpc) is 3.19. The summed E-state index contributed by atoms with van der Waals surface area (Å²) in [6, 6.07) is 1.91. The Bertz CT molecular complexity index is 404. The fourth-order valence-electron chi connectivity index (χ4n) is 1.81. The van der Waals surface area contributed by atoms with Crippen LogP contribution in [-0.4, -0.2) is 34.8 Å². The number of hydrogen-bond donors (Lipinski definition) is 3. The molecule has 0 spiro atoms. The van der Waals surface area contributed by atoms with Crippen molar-refractivity contribution in [1.29, 1.82) is 0 Å². The first kappa shape index (κ1) is 13.1. The summed E-state index contributed by atoms with van der Waals surface area (Å²) in [6.45, 7) is 4.26. The van der Waals surface area contributed by atoms with Crippen molar-refractivity contribution in [3.63, 3.8) is 0 Å². The largest absolute Gasteiger partial charge is 0.394 e. The number of anilines is 2. The first-order valence-corrected chi connectivity index (χ1v) is 6.58. The van der Waals surface area contributed by atoms with Crippen LogP contribution in [0.1, 0.15) is 38.4 Å². The minimum absolute atomic E-state index is 0.0247. The van der Waals surface area contributed by atoms with E-state index in [1.165, 1.54) is 12.8 Å². The number of hydrogen-bond acceptors (Lipinski definition) is 5. The highest BCUT2D eigenvalue weighted by molar-refractivity contribution is 5.48. The minimum atomic E-state index is 0.0247. The van der Waals surface area contributed by atoms with Crippen molar-refractivity contribution in [2.24, 2.45) is 5.92 Å². The van der Waals surface area contributed by atoms with E-state index in [2.05, 4.69) is 34.4 Å². The fraction of sp³-hybridized carbons (Fsp3) is 0.692. The van der Waals surface area contributed by atoms with Crippen molar-refractivity contribution in [2.75, 3.05) is 24.3 Å². The number of nitrogens with one attached hydrogen (secondary N) is 2. The fourth-order valence-corrected chi connectivity index (χ4v) is 1.81. The van der Waals surface area contributed by atoms with Gasteiger partial charge >= 0.3 is 0 Å². The molecule has 1 aromatic heterocycles. The molecule has 0 aromatic carbocycles. The molecule has 0 saturated heterocycles. The quantitative estimate of drug-likeness (QED) is 0.718. The maximum Gasteiger partial charge on any atom is 0.136 e. The van der Waals surface area contributed by atoms with Crippen LogP contribution in [0.5, 0.6) is 0 Å². The topological polar surface area (TPSA) is 70.1 Å². The predicted octanol–water partition coefficient (Wildman–Crippen LogP) is 1.82. The van der Waals surface area contributed by atoms with Crippen LogP contribution in [0.25, 0.3) is 0 Å². The molecule has 1 fully saturated rings. The van der Waals surface area contributed by atoms with Crippen LogP contribution in [0.3, 0.4) is 0 Å². The summed E-state index contributed by atoms with van der Waals surface area (Å²) in [4.78, 5) is 9.01. The number of rotatable bonds is 6. The van der Waals surface area contributed by atoms with E-state index in [9.17, 15) is 5.11 Å². The third-order valence-electron chi connectivity index (χ3n) is 3.28. The molecule has 2 rings (SSSR count). The van der Waals surface area contributed by atoms with Gasteiger partial charge in [0.15, 0.2) is 0 Å². The van der Waals surface area contributed by atoms with Gasteiger partial charge in [0.25, 0.3) is 0 Å². The molecular formula is C13H22N4O. The molecule has 1 aliphatic rings. The van der Waals surface area contributed by atoms with E-state index in [0.29, 0.717) is 11.8 Å². The zero-order chi connectivity index (χ0) is 13.1. The van der Waals surface area contributed by atoms with E-state index in [1.807, 2.05) is 13.1 Å². The van der Waals surface area contributed by atoms with Crippen molar-refractivity contribution < 1.29 is 5.11 Å². The van der Waals surface area contributed by atoms with Crippen molar-refractivity contribution in [3.8, 4) is 0 Å². The van der Waals surface area contributed by atoms with E-state index >= 15 is 0 Å². The Hall–Kier alpha value is -1.36. The Labute approximate surface area is 108 Å². The molecule has 1 aliphatic carbocycles. The average molecular weight is 250 g/mol. The Balaban J connectivity index is 2.17. The Kier molecular flexibility index (Phi) is 4.01. The molecule has 3 N–H and O–H groups in total. The highest BCUT2D eigenvalue weighted by atomic mass is 16.3. The monoisotopic (exact) mass is 250 g/mol. The summed E-state index contributed by atoms with van der Waals surface area (Å²) >= 11 is 0. The van der Waals surface area contributed by atoms with E-state index in [0.717, 1.165) is 17.5 Å². The highest BCUT2D eigenvalue weighted by Gasteiger charge is 2.27. The lowest BCUT2D eigenvalue weighted by Gasteiger charge is -2.21. The Morgan fingerprint density at radius 1 is 1.33 bits per heavy atom. The number of aliphatic hydroxyl groups excluding tert-OH is 1. The number of nitrogens with zero attached hydrogens (tertiary/aromatic N) is 2. The second kappa shape index (κ2) is 5.52. The molecule has 1 atom stereocenters. The molecule has 0 radical (unpaired) electrons. The summed E-state index contributed by atoms with van der Waals surface area (Å²) < 4.78 is 0. The van der Waals surface area contributed by atoms with Gasteiger partial charge in [-0.05, 0) is 18.8 Å². The molecular weight excluding hydrogens is 228 g/mol. The summed E-state index contributed by atoms with van der Waals surface area (Å²) in [5, 5.41) is 15.7. The van der Waals surface area contributed by atoms with Gasteiger partial charge < -0.3 is 15.7 Å². The van der Waals surface area contributed by atoms with Crippen LogP contribution in [0.2, 0.25) is 0 Å². The van der Waals surface area contributed by atoms with Crippen LogP contribution >= 0.6 is 0 Å². The van der Waals surface area contributed by atoms with Gasteiger partial charge in [0.05, 0.1) is 12.6 Å². The molecule has 0 amide bonds. The highest BCUT2D eigenvalue weighted by Crippen LogP contribution is 2.38. The summed E-state index contributed by atoms with van der Waals surface area (Å²) in [6.07, 6.45) is 2.36.